The Hall–Kier alpha value is -1.77. The van der Waals surface area contributed by atoms with Crippen molar-refractivity contribution in [1.29, 1.82) is 0 Å². The Labute approximate surface area is 103 Å². The highest BCUT2D eigenvalue weighted by molar-refractivity contribution is 5.68. The molecule has 0 spiro atoms. The minimum absolute atomic E-state index is 0.292. The van der Waals surface area contributed by atoms with Crippen molar-refractivity contribution in [2.45, 2.75) is 20.3 Å². The summed E-state index contributed by atoms with van der Waals surface area (Å²) in [5, 5.41) is 0. The van der Waals surface area contributed by atoms with Gasteiger partial charge in [0.2, 0.25) is 0 Å². The molecule has 0 saturated heterocycles. The van der Waals surface area contributed by atoms with Gasteiger partial charge in [-0.25, -0.2) is 4.79 Å². The fourth-order valence-corrected chi connectivity index (χ4v) is 1.46. The number of rotatable bonds is 5. The van der Waals surface area contributed by atoms with Gasteiger partial charge >= 0.3 is 6.09 Å². The Morgan fingerprint density at radius 2 is 1.88 bits per heavy atom. The Kier molecular flexibility index (Phi) is 5.86. The van der Waals surface area contributed by atoms with Crippen LogP contribution in [0.2, 0.25) is 0 Å². The first-order chi connectivity index (χ1) is 8.27. The molecule has 0 aliphatic rings. The summed E-state index contributed by atoms with van der Waals surface area (Å²) in [6, 6.07) is 10.0. The van der Waals surface area contributed by atoms with E-state index in [9.17, 15) is 4.79 Å². The molecule has 0 saturated carbocycles. The lowest BCUT2D eigenvalue weighted by Crippen LogP contribution is -2.29. The summed E-state index contributed by atoms with van der Waals surface area (Å²) in [6.45, 7) is 5.20. The van der Waals surface area contributed by atoms with Crippen LogP contribution in [0.5, 0.6) is 0 Å². The van der Waals surface area contributed by atoms with E-state index >= 15 is 0 Å². The highest BCUT2D eigenvalue weighted by Gasteiger charge is 2.08. The molecule has 0 unspecified atom stereocenters. The number of nitrogens with zero attached hydrogens (tertiary/aromatic N) is 1. The van der Waals surface area contributed by atoms with Crippen molar-refractivity contribution in [3.8, 4) is 0 Å². The summed E-state index contributed by atoms with van der Waals surface area (Å²) in [6.07, 6.45) is 3.79. The molecule has 1 aromatic rings. The van der Waals surface area contributed by atoms with Gasteiger partial charge in [0.25, 0.3) is 0 Å². The van der Waals surface area contributed by atoms with E-state index in [0.29, 0.717) is 13.1 Å². The van der Waals surface area contributed by atoms with Gasteiger partial charge in [-0.3, -0.25) is 0 Å². The van der Waals surface area contributed by atoms with Crippen molar-refractivity contribution in [1.82, 2.24) is 4.90 Å². The van der Waals surface area contributed by atoms with Crippen molar-refractivity contribution in [3.63, 3.8) is 0 Å². The average Bonchev–Trinajstić information content (AvgIpc) is 2.37. The monoisotopic (exact) mass is 233 g/mol. The summed E-state index contributed by atoms with van der Waals surface area (Å²) >= 11 is 0. The van der Waals surface area contributed by atoms with Crippen LogP contribution in [0.1, 0.15) is 19.4 Å². The molecule has 0 radical (unpaired) electrons. The molecular weight excluding hydrogens is 214 g/mol. The largest absolute Gasteiger partial charge is 0.418 e. The predicted octanol–water partition coefficient (Wildman–Crippen LogP) is 3.22. The second kappa shape index (κ2) is 7.49. The predicted molar refractivity (Wildman–Crippen MR) is 68.7 cm³/mol. The minimum Gasteiger partial charge on any atom is -0.418 e. The number of allylic oxidation sites excluding steroid dienone is 1. The van der Waals surface area contributed by atoms with Crippen molar-refractivity contribution in [2.75, 3.05) is 13.1 Å². The number of benzene rings is 1. The van der Waals surface area contributed by atoms with Crippen LogP contribution in [-0.2, 0) is 11.2 Å². The highest BCUT2D eigenvalue weighted by atomic mass is 16.5. The standard InChI is InChI=1S/C14H19NO2/c1-3-15(4-2)14(16)17-12-8-11-13-9-6-5-7-10-13/h5-10,12H,3-4,11H2,1-2H3. The third-order valence-corrected chi connectivity index (χ3v) is 2.48. The molecule has 0 fully saturated rings. The summed E-state index contributed by atoms with van der Waals surface area (Å²) in [4.78, 5) is 13.1. The third kappa shape index (κ3) is 4.72. The molecule has 0 aliphatic heterocycles. The number of ether oxygens (including phenoxy) is 1. The Morgan fingerprint density at radius 1 is 1.24 bits per heavy atom. The molecule has 1 aromatic carbocycles. The first kappa shape index (κ1) is 13.3. The zero-order valence-corrected chi connectivity index (χ0v) is 10.4. The second-order valence-electron chi connectivity index (χ2n) is 3.62. The first-order valence-electron chi connectivity index (χ1n) is 5.92. The van der Waals surface area contributed by atoms with E-state index in [4.69, 9.17) is 4.74 Å². The van der Waals surface area contributed by atoms with Gasteiger partial charge in [0.1, 0.15) is 0 Å². The molecule has 3 heteroatoms. The van der Waals surface area contributed by atoms with E-state index in [1.54, 1.807) is 4.90 Å². The van der Waals surface area contributed by atoms with E-state index in [0.717, 1.165) is 6.42 Å². The number of amides is 1. The molecule has 0 atom stereocenters. The summed E-state index contributed by atoms with van der Waals surface area (Å²) in [5.41, 5.74) is 1.20. The summed E-state index contributed by atoms with van der Waals surface area (Å²) in [7, 11) is 0. The van der Waals surface area contributed by atoms with Crippen LogP contribution in [-0.4, -0.2) is 24.1 Å². The van der Waals surface area contributed by atoms with E-state index < -0.39 is 0 Å². The molecule has 1 amide bonds. The zero-order valence-electron chi connectivity index (χ0n) is 10.4. The maximum atomic E-state index is 11.5. The fraction of sp³-hybridized carbons (Fsp3) is 0.357. The van der Waals surface area contributed by atoms with Crippen LogP contribution in [0.3, 0.4) is 0 Å². The molecule has 0 heterocycles. The number of carbonyl (C=O) groups is 1. The number of carbonyl (C=O) groups excluding carboxylic acids is 1. The lowest BCUT2D eigenvalue weighted by Gasteiger charge is -2.16. The van der Waals surface area contributed by atoms with Gasteiger partial charge in [0, 0.05) is 13.1 Å². The Balaban J connectivity index is 2.33. The van der Waals surface area contributed by atoms with Crippen LogP contribution >= 0.6 is 0 Å². The smallest absolute Gasteiger partial charge is 0.414 e. The van der Waals surface area contributed by atoms with Crippen molar-refractivity contribution >= 4 is 6.09 Å². The summed E-state index contributed by atoms with van der Waals surface area (Å²) < 4.78 is 5.01. The molecule has 0 bridgehead atoms. The van der Waals surface area contributed by atoms with Crippen molar-refractivity contribution < 1.29 is 9.53 Å². The topological polar surface area (TPSA) is 29.5 Å². The molecule has 1 rings (SSSR count). The molecule has 3 nitrogen and oxygen atoms in total. The molecule has 0 aromatic heterocycles. The SMILES string of the molecule is CCN(CC)C(=O)OC=CCc1ccccc1. The van der Waals surface area contributed by atoms with Crippen LogP contribution in [0, 0.1) is 0 Å². The quantitative estimate of drug-likeness (QED) is 0.731. The normalized spacial score (nSPS) is 10.5. The average molecular weight is 233 g/mol. The molecule has 92 valence electrons. The minimum atomic E-state index is -0.292. The van der Waals surface area contributed by atoms with E-state index in [1.807, 2.05) is 50.3 Å². The lowest BCUT2D eigenvalue weighted by atomic mass is 10.2. The second-order valence-corrected chi connectivity index (χ2v) is 3.62. The molecule has 0 aliphatic carbocycles. The molecular formula is C14H19NO2. The fourth-order valence-electron chi connectivity index (χ4n) is 1.46. The van der Waals surface area contributed by atoms with Gasteiger partial charge in [0.05, 0.1) is 6.26 Å². The van der Waals surface area contributed by atoms with Gasteiger partial charge in [-0.1, -0.05) is 30.3 Å². The molecule has 17 heavy (non-hydrogen) atoms. The lowest BCUT2D eigenvalue weighted by molar-refractivity contribution is 0.141. The number of hydrogen-bond donors (Lipinski definition) is 0. The van der Waals surface area contributed by atoms with Gasteiger partial charge < -0.3 is 9.64 Å². The van der Waals surface area contributed by atoms with Gasteiger partial charge in [0.15, 0.2) is 0 Å². The third-order valence-electron chi connectivity index (χ3n) is 2.48. The van der Waals surface area contributed by atoms with Crippen LogP contribution in [0.25, 0.3) is 0 Å². The van der Waals surface area contributed by atoms with E-state index in [2.05, 4.69) is 0 Å². The van der Waals surface area contributed by atoms with Crippen LogP contribution in [0.15, 0.2) is 42.7 Å². The van der Waals surface area contributed by atoms with E-state index in [1.165, 1.54) is 11.8 Å². The van der Waals surface area contributed by atoms with Crippen molar-refractivity contribution in [3.05, 3.63) is 48.2 Å². The van der Waals surface area contributed by atoms with Gasteiger partial charge in [-0.2, -0.15) is 0 Å². The van der Waals surface area contributed by atoms with Gasteiger partial charge in [-0.05, 0) is 31.9 Å². The first-order valence-corrected chi connectivity index (χ1v) is 5.92. The summed E-state index contributed by atoms with van der Waals surface area (Å²) in [5.74, 6) is 0. The zero-order chi connectivity index (χ0) is 12.5. The van der Waals surface area contributed by atoms with Crippen LogP contribution in [0.4, 0.5) is 4.79 Å². The van der Waals surface area contributed by atoms with Crippen molar-refractivity contribution in [2.24, 2.45) is 0 Å². The molecule has 0 N–H and O–H groups in total. The van der Waals surface area contributed by atoms with E-state index in [-0.39, 0.29) is 6.09 Å². The Morgan fingerprint density at radius 3 is 2.47 bits per heavy atom. The maximum absolute atomic E-state index is 11.5. The van der Waals surface area contributed by atoms with Crippen LogP contribution < -0.4 is 0 Å². The van der Waals surface area contributed by atoms with Gasteiger partial charge in [-0.15, -0.1) is 0 Å². The maximum Gasteiger partial charge on any atom is 0.414 e. The highest BCUT2D eigenvalue weighted by Crippen LogP contribution is 2.01. The number of hydrogen-bond acceptors (Lipinski definition) is 2. The Bertz CT molecular complexity index is 356.